The van der Waals surface area contributed by atoms with Crippen LogP contribution >= 0.6 is 11.3 Å². The van der Waals surface area contributed by atoms with E-state index in [-0.39, 0.29) is 18.1 Å². The van der Waals surface area contributed by atoms with Crippen molar-refractivity contribution >= 4 is 22.4 Å². The van der Waals surface area contributed by atoms with E-state index in [2.05, 4.69) is 10.3 Å². The first-order valence-corrected chi connectivity index (χ1v) is 8.13. The fourth-order valence-electron chi connectivity index (χ4n) is 1.96. The lowest BCUT2D eigenvalue weighted by Gasteiger charge is -2.06. The van der Waals surface area contributed by atoms with Gasteiger partial charge in [0.05, 0.1) is 5.69 Å². The maximum absolute atomic E-state index is 13.5. The molecule has 2 heterocycles. The fraction of sp³-hybridized carbons (Fsp3) is 0.118. The highest BCUT2D eigenvalue weighted by atomic mass is 32.1. The Labute approximate surface area is 145 Å². The molecule has 0 aliphatic carbocycles. The SMILES string of the molecule is Cc1csc(NC(=O)c2cc(=O)c(OCc3ccccc3F)co2)n1. The zero-order chi connectivity index (χ0) is 17.8. The van der Waals surface area contributed by atoms with Crippen LogP contribution in [0.15, 0.2) is 51.2 Å². The molecule has 8 heteroatoms. The van der Waals surface area contributed by atoms with Crippen LogP contribution in [0.25, 0.3) is 0 Å². The Bertz CT molecular complexity index is 967. The highest BCUT2D eigenvalue weighted by Crippen LogP contribution is 2.16. The Morgan fingerprint density at radius 1 is 1.40 bits per heavy atom. The van der Waals surface area contributed by atoms with E-state index in [1.54, 1.807) is 30.5 Å². The molecule has 25 heavy (non-hydrogen) atoms. The van der Waals surface area contributed by atoms with E-state index in [1.165, 1.54) is 17.4 Å². The summed E-state index contributed by atoms with van der Waals surface area (Å²) in [6, 6.07) is 7.10. The number of rotatable bonds is 5. The van der Waals surface area contributed by atoms with Crippen LogP contribution < -0.4 is 15.5 Å². The largest absolute Gasteiger partial charge is 0.482 e. The van der Waals surface area contributed by atoms with Crippen molar-refractivity contribution in [1.29, 1.82) is 0 Å². The van der Waals surface area contributed by atoms with Gasteiger partial charge in [0, 0.05) is 17.0 Å². The van der Waals surface area contributed by atoms with Crippen molar-refractivity contribution in [2.75, 3.05) is 5.32 Å². The zero-order valence-corrected chi connectivity index (χ0v) is 13.9. The number of ether oxygens (including phenoxy) is 1. The Kier molecular flexibility index (Phi) is 4.90. The van der Waals surface area contributed by atoms with E-state index >= 15 is 0 Å². The molecule has 0 aliphatic heterocycles. The number of nitrogens with one attached hydrogen (secondary N) is 1. The van der Waals surface area contributed by atoms with E-state index in [0.29, 0.717) is 10.7 Å². The average Bonchev–Trinajstić information content (AvgIpc) is 3.00. The Morgan fingerprint density at radius 3 is 2.88 bits per heavy atom. The van der Waals surface area contributed by atoms with Crippen molar-refractivity contribution in [1.82, 2.24) is 4.98 Å². The number of halogens is 1. The minimum absolute atomic E-state index is 0.107. The first-order chi connectivity index (χ1) is 12.0. The van der Waals surface area contributed by atoms with Crippen molar-refractivity contribution in [2.45, 2.75) is 13.5 Å². The molecular weight excluding hydrogens is 347 g/mol. The molecule has 3 rings (SSSR count). The van der Waals surface area contributed by atoms with Gasteiger partial charge >= 0.3 is 0 Å². The minimum atomic E-state index is -0.591. The number of aromatic nitrogens is 1. The van der Waals surface area contributed by atoms with E-state index in [1.807, 2.05) is 0 Å². The summed E-state index contributed by atoms with van der Waals surface area (Å²) >= 11 is 1.26. The molecule has 128 valence electrons. The smallest absolute Gasteiger partial charge is 0.293 e. The van der Waals surface area contributed by atoms with Gasteiger partial charge in [-0.05, 0) is 13.0 Å². The summed E-state index contributed by atoms with van der Waals surface area (Å²) in [6.07, 6.45) is 1.03. The number of aryl methyl sites for hydroxylation is 1. The number of anilines is 1. The topological polar surface area (TPSA) is 81.4 Å². The second-order valence-corrected chi connectivity index (χ2v) is 5.96. The first kappa shape index (κ1) is 16.8. The highest BCUT2D eigenvalue weighted by molar-refractivity contribution is 7.13. The lowest BCUT2D eigenvalue weighted by molar-refractivity contribution is 0.0993. The molecule has 1 amide bonds. The molecule has 0 bridgehead atoms. The summed E-state index contributed by atoms with van der Waals surface area (Å²) in [4.78, 5) is 28.2. The van der Waals surface area contributed by atoms with E-state index in [9.17, 15) is 14.0 Å². The van der Waals surface area contributed by atoms with Gasteiger partial charge in [-0.2, -0.15) is 0 Å². The summed E-state index contributed by atoms with van der Waals surface area (Å²) in [6.45, 7) is 1.68. The monoisotopic (exact) mass is 360 g/mol. The molecule has 0 fully saturated rings. The normalized spacial score (nSPS) is 10.5. The Balaban J connectivity index is 1.69. The summed E-state index contributed by atoms with van der Waals surface area (Å²) in [5, 5.41) is 4.73. The number of amides is 1. The van der Waals surface area contributed by atoms with Crippen LogP contribution in [0.2, 0.25) is 0 Å². The summed E-state index contributed by atoms with van der Waals surface area (Å²) in [7, 11) is 0. The van der Waals surface area contributed by atoms with Gasteiger partial charge in [-0.25, -0.2) is 9.37 Å². The van der Waals surface area contributed by atoms with Gasteiger partial charge < -0.3 is 9.15 Å². The third-order valence-corrected chi connectivity index (χ3v) is 4.08. The van der Waals surface area contributed by atoms with Crippen molar-refractivity contribution in [3.8, 4) is 5.75 Å². The van der Waals surface area contributed by atoms with Gasteiger partial charge in [-0.3, -0.25) is 14.9 Å². The molecule has 2 aromatic heterocycles. The molecule has 0 spiro atoms. The van der Waals surface area contributed by atoms with E-state index in [0.717, 1.165) is 18.0 Å². The number of carbonyl (C=O) groups is 1. The number of carbonyl (C=O) groups excluding carboxylic acids is 1. The minimum Gasteiger partial charge on any atom is -0.482 e. The molecule has 0 aliphatic rings. The van der Waals surface area contributed by atoms with Gasteiger partial charge in [-0.1, -0.05) is 18.2 Å². The van der Waals surface area contributed by atoms with Gasteiger partial charge in [-0.15, -0.1) is 11.3 Å². The second kappa shape index (κ2) is 7.27. The summed E-state index contributed by atoms with van der Waals surface area (Å²) in [5.41, 5.74) is 0.546. The van der Waals surface area contributed by atoms with Gasteiger partial charge in [0.25, 0.3) is 5.91 Å². The number of hydrogen-bond donors (Lipinski definition) is 1. The van der Waals surface area contributed by atoms with Crippen molar-refractivity contribution in [2.24, 2.45) is 0 Å². The number of hydrogen-bond acceptors (Lipinski definition) is 6. The standard InChI is InChI=1S/C17H13FN2O4S/c1-10-9-25-17(19-10)20-16(22)14-6-13(21)15(8-24-14)23-7-11-4-2-3-5-12(11)18/h2-6,8-9H,7H2,1H3,(H,19,20,22). The molecule has 6 nitrogen and oxygen atoms in total. The maximum atomic E-state index is 13.5. The Hall–Kier alpha value is -3.00. The molecule has 0 unspecified atom stereocenters. The number of nitrogens with zero attached hydrogens (tertiary/aromatic N) is 1. The number of benzene rings is 1. The first-order valence-electron chi connectivity index (χ1n) is 7.25. The van der Waals surface area contributed by atoms with Crippen molar-refractivity contribution in [3.05, 3.63) is 75.0 Å². The van der Waals surface area contributed by atoms with E-state index < -0.39 is 17.2 Å². The molecular formula is C17H13FN2O4S. The van der Waals surface area contributed by atoms with Crippen LogP contribution in [-0.2, 0) is 6.61 Å². The molecule has 3 aromatic rings. The van der Waals surface area contributed by atoms with Crippen molar-refractivity contribution < 1.29 is 18.3 Å². The van der Waals surface area contributed by atoms with Crippen LogP contribution in [-0.4, -0.2) is 10.9 Å². The van der Waals surface area contributed by atoms with Crippen LogP contribution in [0, 0.1) is 12.7 Å². The molecule has 0 saturated carbocycles. The van der Waals surface area contributed by atoms with Gasteiger partial charge in [0.2, 0.25) is 11.2 Å². The van der Waals surface area contributed by atoms with Crippen LogP contribution in [0.5, 0.6) is 5.75 Å². The average molecular weight is 360 g/mol. The van der Waals surface area contributed by atoms with E-state index in [4.69, 9.17) is 9.15 Å². The molecule has 1 aromatic carbocycles. The molecule has 0 atom stereocenters. The predicted molar refractivity (Wildman–Crippen MR) is 90.5 cm³/mol. The van der Waals surface area contributed by atoms with Gasteiger partial charge in [0.15, 0.2) is 10.9 Å². The van der Waals surface area contributed by atoms with Crippen LogP contribution in [0.1, 0.15) is 21.8 Å². The summed E-state index contributed by atoms with van der Waals surface area (Å²) in [5.74, 6) is -1.30. The third-order valence-electron chi connectivity index (χ3n) is 3.20. The van der Waals surface area contributed by atoms with Crippen LogP contribution in [0.3, 0.4) is 0 Å². The Morgan fingerprint density at radius 2 is 2.20 bits per heavy atom. The number of thiazole rings is 1. The quantitative estimate of drug-likeness (QED) is 0.754. The molecule has 0 saturated heterocycles. The van der Waals surface area contributed by atoms with Crippen LogP contribution in [0.4, 0.5) is 9.52 Å². The predicted octanol–water partition coefficient (Wildman–Crippen LogP) is 3.38. The zero-order valence-electron chi connectivity index (χ0n) is 13.1. The molecule has 0 radical (unpaired) electrons. The maximum Gasteiger partial charge on any atom is 0.293 e. The van der Waals surface area contributed by atoms with Crippen molar-refractivity contribution in [3.63, 3.8) is 0 Å². The highest BCUT2D eigenvalue weighted by Gasteiger charge is 2.14. The lowest BCUT2D eigenvalue weighted by atomic mass is 10.2. The summed E-state index contributed by atoms with van der Waals surface area (Å²) < 4.78 is 23.9. The fourth-order valence-corrected chi connectivity index (χ4v) is 2.65. The molecule has 1 N–H and O–H groups in total. The lowest BCUT2D eigenvalue weighted by Crippen LogP contribution is -2.15. The third kappa shape index (κ3) is 4.10. The van der Waals surface area contributed by atoms with Gasteiger partial charge in [0.1, 0.15) is 18.7 Å². The second-order valence-electron chi connectivity index (χ2n) is 5.10.